The van der Waals surface area contributed by atoms with Crippen LogP contribution in [0.5, 0.6) is 0 Å². The van der Waals surface area contributed by atoms with Gasteiger partial charge in [-0.1, -0.05) is 29.3 Å². The maximum Gasteiger partial charge on any atom is 0.191 e. The van der Waals surface area contributed by atoms with Gasteiger partial charge in [-0.15, -0.1) is 0 Å². The zero-order valence-corrected chi connectivity index (χ0v) is 17.3. The third kappa shape index (κ3) is 6.37. The van der Waals surface area contributed by atoms with Gasteiger partial charge >= 0.3 is 0 Å². The van der Waals surface area contributed by atoms with Crippen molar-refractivity contribution in [1.29, 1.82) is 0 Å². The van der Waals surface area contributed by atoms with Gasteiger partial charge < -0.3 is 10.6 Å². The van der Waals surface area contributed by atoms with Crippen LogP contribution in [0.4, 0.5) is 4.39 Å². The van der Waals surface area contributed by atoms with E-state index in [4.69, 9.17) is 0 Å². The van der Waals surface area contributed by atoms with Crippen molar-refractivity contribution in [3.8, 4) is 0 Å². The Morgan fingerprint density at radius 2 is 2.20 bits per heavy atom. The number of halogens is 2. The molecule has 0 heterocycles. The molecular weight excluding hydrogens is 405 g/mol. The van der Waals surface area contributed by atoms with Crippen molar-refractivity contribution >= 4 is 32.7 Å². The molecule has 0 aromatic heterocycles. The minimum absolute atomic E-state index is 0.251. The molecule has 0 bridgehead atoms. The Labute approximate surface area is 160 Å². The van der Waals surface area contributed by atoms with Gasteiger partial charge in [-0.3, -0.25) is 4.21 Å². The van der Waals surface area contributed by atoms with Gasteiger partial charge in [0.1, 0.15) is 5.82 Å². The fraction of sp³-hybridized carbons (Fsp3) is 0.611. The Balaban J connectivity index is 2.02. The maximum absolute atomic E-state index is 13.9. The van der Waals surface area contributed by atoms with E-state index in [-0.39, 0.29) is 23.7 Å². The number of hydrogen-bond donors (Lipinski definition) is 2. The van der Waals surface area contributed by atoms with E-state index in [1.807, 2.05) is 13.8 Å². The molecule has 0 aliphatic heterocycles. The summed E-state index contributed by atoms with van der Waals surface area (Å²) in [6.07, 6.45) is 4.06. The number of nitrogens with zero attached hydrogens (tertiary/aromatic N) is 1. The van der Waals surface area contributed by atoms with Gasteiger partial charge in [0, 0.05) is 44.4 Å². The lowest BCUT2D eigenvalue weighted by Crippen LogP contribution is -2.46. The van der Waals surface area contributed by atoms with Crippen LogP contribution >= 0.6 is 15.9 Å². The fourth-order valence-corrected chi connectivity index (χ4v) is 4.85. The Kier molecular flexibility index (Phi) is 8.36. The number of rotatable bonds is 6. The molecule has 0 radical (unpaired) electrons. The van der Waals surface area contributed by atoms with Gasteiger partial charge in [-0.25, -0.2) is 9.38 Å². The summed E-state index contributed by atoms with van der Waals surface area (Å²) in [4.78, 5) is 4.53. The number of nitrogens with one attached hydrogen (secondary N) is 2. The molecule has 25 heavy (non-hydrogen) atoms. The second-order valence-electron chi connectivity index (χ2n) is 6.23. The van der Waals surface area contributed by atoms with Gasteiger partial charge in [0.15, 0.2) is 5.96 Å². The van der Waals surface area contributed by atoms with Crippen molar-refractivity contribution in [3.63, 3.8) is 0 Å². The van der Waals surface area contributed by atoms with Crippen molar-refractivity contribution in [3.05, 3.63) is 34.1 Å². The summed E-state index contributed by atoms with van der Waals surface area (Å²) in [6.45, 7) is 5.00. The van der Waals surface area contributed by atoms with Crippen LogP contribution in [-0.2, 0) is 17.3 Å². The monoisotopic (exact) mass is 431 g/mol. The van der Waals surface area contributed by atoms with Crippen molar-refractivity contribution in [2.75, 3.05) is 12.3 Å². The number of benzene rings is 1. The first-order valence-electron chi connectivity index (χ1n) is 8.89. The summed E-state index contributed by atoms with van der Waals surface area (Å²) in [5.74, 6) is 1.15. The molecule has 1 fully saturated rings. The molecule has 4 nitrogen and oxygen atoms in total. The first kappa shape index (κ1) is 20.4. The number of aliphatic imine (C=N–C) groups is 1. The van der Waals surface area contributed by atoms with Gasteiger partial charge in [-0.05, 0) is 44.4 Å². The van der Waals surface area contributed by atoms with E-state index >= 15 is 0 Å². The van der Waals surface area contributed by atoms with Gasteiger partial charge in [0.05, 0.1) is 6.54 Å². The minimum Gasteiger partial charge on any atom is -0.357 e. The first-order valence-corrected chi connectivity index (χ1v) is 11.1. The molecule has 7 heteroatoms. The highest BCUT2D eigenvalue weighted by Crippen LogP contribution is 2.23. The highest BCUT2D eigenvalue weighted by molar-refractivity contribution is 9.10. The molecule has 2 rings (SSSR count). The highest BCUT2D eigenvalue weighted by Gasteiger charge is 2.26. The molecule has 1 saturated carbocycles. The Morgan fingerprint density at radius 3 is 2.92 bits per heavy atom. The van der Waals surface area contributed by atoms with E-state index in [1.165, 1.54) is 6.07 Å². The van der Waals surface area contributed by atoms with E-state index < -0.39 is 10.8 Å². The van der Waals surface area contributed by atoms with Gasteiger partial charge in [0.25, 0.3) is 0 Å². The van der Waals surface area contributed by atoms with Crippen LogP contribution in [0.2, 0.25) is 0 Å². The summed E-state index contributed by atoms with van der Waals surface area (Å²) in [7, 11) is -0.747. The van der Waals surface area contributed by atoms with E-state index in [1.54, 1.807) is 12.1 Å². The van der Waals surface area contributed by atoms with Gasteiger partial charge in [0.2, 0.25) is 0 Å². The summed E-state index contributed by atoms with van der Waals surface area (Å²) in [5, 5.41) is 6.93. The predicted molar refractivity (Wildman–Crippen MR) is 107 cm³/mol. The second kappa shape index (κ2) is 10.3. The SMILES string of the molecule is CCNC(=NCc1cc(Br)ccc1F)NC1CCCC(S(=O)CC)C1. The molecule has 2 N–H and O–H groups in total. The van der Waals surface area contributed by atoms with Crippen molar-refractivity contribution < 1.29 is 8.60 Å². The van der Waals surface area contributed by atoms with E-state index in [0.717, 1.165) is 36.7 Å². The number of guanidine groups is 1. The Morgan fingerprint density at radius 1 is 1.40 bits per heavy atom. The predicted octanol–water partition coefficient (Wildman–Crippen LogP) is 3.72. The fourth-order valence-electron chi connectivity index (χ4n) is 3.09. The Hall–Kier alpha value is -0.950. The lowest BCUT2D eigenvalue weighted by atomic mass is 9.95. The van der Waals surface area contributed by atoms with Crippen LogP contribution in [0, 0.1) is 5.82 Å². The smallest absolute Gasteiger partial charge is 0.191 e. The largest absolute Gasteiger partial charge is 0.357 e. The molecule has 3 unspecified atom stereocenters. The zero-order valence-electron chi connectivity index (χ0n) is 14.9. The normalized spacial score (nSPS) is 22.5. The molecule has 0 amide bonds. The third-order valence-corrected chi connectivity index (χ3v) is 6.62. The molecule has 3 atom stereocenters. The van der Waals surface area contributed by atoms with Crippen LogP contribution in [0.3, 0.4) is 0 Å². The van der Waals surface area contributed by atoms with Crippen LogP contribution in [-0.4, -0.2) is 33.8 Å². The molecule has 1 aromatic rings. The lowest BCUT2D eigenvalue weighted by molar-refractivity contribution is 0.413. The lowest BCUT2D eigenvalue weighted by Gasteiger charge is -2.30. The summed E-state index contributed by atoms with van der Waals surface area (Å²) in [5.41, 5.74) is 0.556. The highest BCUT2D eigenvalue weighted by atomic mass is 79.9. The zero-order chi connectivity index (χ0) is 18.2. The van der Waals surface area contributed by atoms with Crippen molar-refractivity contribution in [1.82, 2.24) is 10.6 Å². The van der Waals surface area contributed by atoms with Crippen LogP contribution in [0.25, 0.3) is 0 Å². The first-order chi connectivity index (χ1) is 12.0. The Bertz CT molecular complexity index is 626. The third-order valence-electron chi connectivity index (χ3n) is 4.38. The topological polar surface area (TPSA) is 53.5 Å². The van der Waals surface area contributed by atoms with Gasteiger partial charge in [-0.2, -0.15) is 0 Å². The van der Waals surface area contributed by atoms with E-state index in [2.05, 4.69) is 31.6 Å². The molecule has 1 aromatic carbocycles. The van der Waals surface area contributed by atoms with E-state index in [9.17, 15) is 8.60 Å². The van der Waals surface area contributed by atoms with Crippen LogP contribution < -0.4 is 10.6 Å². The quantitative estimate of drug-likeness (QED) is 0.532. The molecule has 0 spiro atoms. The molecule has 1 aliphatic rings. The second-order valence-corrected chi connectivity index (χ2v) is 9.15. The molecule has 1 aliphatic carbocycles. The average Bonchev–Trinajstić information content (AvgIpc) is 2.62. The van der Waals surface area contributed by atoms with Crippen LogP contribution in [0.15, 0.2) is 27.7 Å². The standard InChI is InChI=1S/C18H27BrFN3OS/c1-3-21-18(22-12-13-10-14(19)8-9-17(13)20)23-15-6-5-7-16(11-15)25(24)4-2/h8-10,15-16H,3-7,11-12H2,1-2H3,(H2,21,22,23). The number of hydrogen-bond acceptors (Lipinski definition) is 2. The molecule has 140 valence electrons. The molecular formula is C18H27BrFN3OS. The average molecular weight is 432 g/mol. The van der Waals surface area contributed by atoms with E-state index in [0.29, 0.717) is 17.3 Å². The van der Waals surface area contributed by atoms with Crippen molar-refractivity contribution in [2.24, 2.45) is 4.99 Å². The summed E-state index contributed by atoms with van der Waals surface area (Å²) < 4.78 is 26.8. The summed E-state index contributed by atoms with van der Waals surface area (Å²) >= 11 is 3.37. The van der Waals surface area contributed by atoms with Crippen molar-refractivity contribution in [2.45, 2.75) is 57.4 Å². The minimum atomic E-state index is -0.747. The van der Waals surface area contributed by atoms with Crippen LogP contribution in [0.1, 0.15) is 45.1 Å². The summed E-state index contributed by atoms with van der Waals surface area (Å²) in [6, 6.07) is 5.14. The maximum atomic E-state index is 13.9. The molecule has 0 saturated heterocycles.